The van der Waals surface area contributed by atoms with Crippen molar-refractivity contribution in [1.82, 2.24) is 0 Å². The number of benzene rings is 1. The molecule has 94 valence electrons. The van der Waals surface area contributed by atoms with Gasteiger partial charge in [0.2, 0.25) is 0 Å². The summed E-state index contributed by atoms with van der Waals surface area (Å²) in [5.41, 5.74) is 2.20. The lowest BCUT2D eigenvalue weighted by Crippen LogP contribution is -2.40. The summed E-state index contributed by atoms with van der Waals surface area (Å²) >= 11 is 5.64. The van der Waals surface area contributed by atoms with Crippen LogP contribution in [0.25, 0.3) is 0 Å². The first-order valence-corrected chi connectivity index (χ1v) is 7.86. The van der Waals surface area contributed by atoms with Crippen LogP contribution in [-0.2, 0) is 0 Å². The monoisotopic (exact) mass is 315 g/mol. The summed E-state index contributed by atoms with van der Waals surface area (Å²) in [4.78, 5) is 2.44. The van der Waals surface area contributed by atoms with E-state index in [4.69, 9.17) is 0 Å². The number of halogens is 1. The van der Waals surface area contributed by atoms with Crippen molar-refractivity contribution >= 4 is 33.4 Å². The fraction of sp³-hybridized carbons (Fsp3) is 0.538. The number of thioether (sulfide) groups is 1. The van der Waals surface area contributed by atoms with E-state index in [1.54, 1.807) is 6.92 Å². The minimum atomic E-state index is -0.408. The predicted octanol–water partition coefficient (Wildman–Crippen LogP) is 3.44. The number of aliphatic hydroxyl groups is 1. The van der Waals surface area contributed by atoms with Crippen molar-refractivity contribution in [2.24, 2.45) is 0 Å². The van der Waals surface area contributed by atoms with E-state index < -0.39 is 6.10 Å². The van der Waals surface area contributed by atoms with Crippen molar-refractivity contribution < 1.29 is 5.11 Å². The smallest absolute Gasteiger partial charge is 0.0762 e. The van der Waals surface area contributed by atoms with Crippen molar-refractivity contribution in [1.29, 1.82) is 0 Å². The normalized spacial score (nSPS) is 22.6. The molecule has 4 heteroatoms. The van der Waals surface area contributed by atoms with E-state index in [-0.39, 0.29) is 0 Å². The van der Waals surface area contributed by atoms with Crippen LogP contribution >= 0.6 is 27.7 Å². The Morgan fingerprint density at radius 3 is 2.88 bits per heavy atom. The Bertz CT molecular complexity index is 397. The van der Waals surface area contributed by atoms with Crippen molar-refractivity contribution in [3.63, 3.8) is 0 Å². The molecule has 1 N–H and O–H groups in total. The van der Waals surface area contributed by atoms with Crippen LogP contribution in [-0.4, -0.2) is 29.2 Å². The number of hydrogen-bond donors (Lipinski definition) is 1. The molecule has 2 nitrogen and oxygen atoms in total. The van der Waals surface area contributed by atoms with Crippen LogP contribution in [0.15, 0.2) is 22.7 Å². The molecule has 0 spiro atoms. The highest BCUT2D eigenvalue weighted by Gasteiger charge is 2.20. The van der Waals surface area contributed by atoms with Crippen LogP contribution < -0.4 is 4.90 Å². The van der Waals surface area contributed by atoms with Crippen LogP contribution in [0.2, 0.25) is 0 Å². The van der Waals surface area contributed by atoms with E-state index in [2.05, 4.69) is 33.8 Å². The minimum Gasteiger partial charge on any atom is -0.389 e. The first kappa shape index (κ1) is 13.2. The van der Waals surface area contributed by atoms with Crippen molar-refractivity contribution in [2.75, 3.05) is 23.0 Å². The van der Waals surface area contributed by atoms with Gasteiger partial charge >= 0.3 is 0 Å². The molecule has 1 fully saturated rings. The first-order chi connectivity index (χ1) is 8.09. The maximum Gasteiger partial charge on any atom is 0.0762 e. The average Bonchev–Trinajstić information content (AvgIpc) is 2.30. The molecule has 0 radical (unpaired) electrons. The van der Waals surface area contributed by atoms with Gasteiger partial charge in [-0.15, -0.1) is 0 Å². The molecule has 1 aliphatic heterocycles. The number of nitrogens with zero attached hydrogens (tertiary/aromatic N) is 1. The molecule has 1 unspecified atom stereocenters. The third kappa shape index (κ3) is 2.98. The lowest BCUT2D eigenvalue weighted by atomic mass is 10.1. The Hall–Kier alpha value is -0.190. The second-order valence-corrected chi connectivity index (χ2v) is 6.51. The summed E-state index contributed by atoms with van der Waals surface area (Å²) in [6, 6.07) is 6.72. The summed E-state index contributed by atoms with van der Waals surface area (Å²) in [6.07, 6.45) is -0.408. The van der Waals surface area contributed by atoms with E-state index in [9.17, 15) is 5.11 Å². The van der Waals surface area contributed by atoms with E-state index in [1.807, 2.05) is 23.9 Å². The Morgan fingerprint density at radius 1 is 1.53 bits per heavy atom. The standard InChI is InChI=1S/C13H18BrNOS/c1-9-8-17-6-5-15(9)13-4-3-11(10(2)16)7-12(13)14/h3-4,7,9-10,16H,5-6,8H2,1-2H3/t9?,10-/m0/s1. The predicted molar refractivity (Wildman–Crippen MR) is 78.9 cm³/mol. The molecule has 2 rings (SSSR count). The highest BCUT2D eigenvalue weighted by atomic mass is 79.9. The van der Waals surface area contributed by atoms with Crippen molar-refractivity contribution in [2.45, 2.75) is 26.0 Å². The fourth-order valence-electron chi connectivity index (χ4n) is 2.10. The second-order valence-electron chi connectivity index (χ2n) is 4.50. The van der Waals surface area contributed by atoms with Gasteiger partial charge < -0.3 is 10.0 Å². The van der Waals surface area contributed by atoms with Gasteiger partial charge in [0.25, 0.3) is 0 Å². The van der Waals surface area contributed by atoms with Crippen LogP contribution in [0.4, 0.5) is 5.69 Å². The number of anilines is 1. The van der Waals surface area contributed by atoms with Gasteiger partial charge in [-0.3, -0.25) is 0 Å². The van der Waals surface area contributed by atoms with Crippen molar-refractivity contribution in [3.05, 3.63) is 28.2 Å². The first-order valence-electron chi connectivity index (χ1n) is 5.91. The fourth-order valence-corrected chi connectivity index (χ4v) is 3.74. The van der Waals surface area contributed by atoms with Gasteiger partial charge in [-0.1, -0.05) is 6.07 Å². The topological polar surface area (TPSA) is 23.5 Å². The summed E-state index contributed by atoms with van der Waals surface area (Å²) in [5.74, 6) is 2.37. The van der Waals surface area contributed by atoms with Gasteiger partial charge in [0, 0.05) is 28.6 Å². The largest absolute Gasteiger partial charge is 0.389 e. The van der Waals surface area contributed by atoms with Gasteiger partial charge in [0.15, 0.2) is 0 Å². The lowest BCUT2D eigenvalue weighted by Gasteiger charge is -2.35. The molecule has 0 amide bonds. The Kier molecular flexibility index (Phi) is 4.39. The van der Waals surface area contributed by atoms with E-state index in [0.717, 1.165) is 16.6 Å². The van der Waals surface area contributed by atoms with Gasteiger partial charge in [0.1, 0.15) is 0 Å². The average molecular weight is 316 g/mol. The van der Waals surface area contributed by atoms with Crippen molar-refractivity contribution in [3.8, 4) is 0 Å². The van der Waals surface area contributed by atoms with Gasteiger partial charge in [-0.25, -0.2) is 0 Å². The highest BCUT2D eigenvalue weighted by molar-refractivity contribution is 9.10. The molecule has 0 aromatic heterocycles. The summed E-state index contributed by atoms with van der Waals surface area (Å²) in [7, 11) is 0. The maximum absolute atomic E-state index is 9.56. The quantitative estimate of drug-likeness (QED) is 0.904. The SMILES string of the molecule is CC1CSCCN1c1ccc([C@H](C)O)cc1Br. The Morgan fingerprint density at radius 2 is 2.29 bits per heavy atom. The zero-order valence-electron chi connectivity index (χ0n) is 10.2. The molecule has 1 aromatic rings. The van der Waals surface area contributed by atoms with Gasteiger partial charge in [-0.05, 0) is 47.5 Å². The van der Waals surface area contributed by atoms with E-state index in [0.29, 0.717) is 6.04 Å². The van der Waals surface area contributed by atoms with Crippen LogP contribution in [0.5, 0.6) is 0 Å². The number of aliphatic hydroxyl groups excluding tert-OH is 1. The highest BCUT2D eigenvalue weighted by Crippen LogP contribution is 2.32. The molecule has 0 bridgehead atoms. The zero-order valence-corrected chi connectivity index (χ0v) is 12.6. The van der Waals surface area contributed by atoms with Gasteiger partial charge in [-0.2, -0.15) is 11.8 Å². The third-order valence-corrected chi connectivity index (χ3v) is 4.96. The molecule has 1 heterocycles. The maximum atomic E-state index is 9.56. The molecule has 1 saturated heterocycles. The van der Waals surface area contributed by atoms with Crippen LogP contribution in [0, 0.1) is 0 Å². The lowest BCUT2D eigenvalue weighted by molar-refractivity contribution is 0.199. The number of rotatable bonds is 2. The molecule has 0 saturated carbocycles. The second kappa shape index (κ2) is 5.63. The number of hydrogen-bond acceptors (Lipinski definition) is 3. The summed E-state index contributed by atoms with van der Waals surface area (Å²) in [5, 5.41) is 9.56. The molecular weight excluding hydrogens is 298 g/mol. The minimum absolute atomic E-state index is 0.408. The molecule has 1 aromatic carbocycles. The molecule has 2 atom stereocenters. The van der Waals surface area contributed by atoms with E-state index >= 15 is 0 Å². The zero-order chi connectivity index (χ0) is 12.4. The van der Waals surface area contributed by atoms with Crippen LogP contribution in [0.3, 0.4) is 0 Å². The summed E-state index contributed by atoms with van der Waals surface area (Å²) < 4.78 is 1.08. The molecule has 1 aliphatic rings. The summed E-state index contributed by atoms with van der Waals surface area (Å²) in [6.45, 7) is 5.15. The molecule has 0 aliphatic carbocycles. The van der Waals surface area contributed by atoms with E-state index in [1.165, 1.54) is 17.2 Å². The van der Waals surface area contributed by atoms with Crippen LogP contribution in [0.1, 0.15) is 25.5 Å². The molecule has 17 heavy (non-hydrogen) atoms. The Balaban J connectivity index is 2.26. The van der Waals surface area contributed by atoms with Gasteiger partial charge in [0.05, 0.1) is 11.8 Å². The molecular formula is C13H18BrNOS. The third-order valence-electron chi connectivity index (χ3n) is 3.13. The Labute approximate surface area is 116 Å².